The van der Waals surface area contributed by atoms with Crippen molar-refractivity contribution in [3.05, 3.63) is 76.2 Å². The Bertz CT molecular complexity index is 908. The number of nitrogens with zero attached hydrogens (tertiary/aromatic N) is 2. The van der Waals surface area contributed by atoms with Crippen molar-refractivity contribution in [3.63, 3.8) is 0 Å². The number of hydrogen-bond donors (Lipinski definition) is 1. The SMILES string of the molecule is Cc1ccccc1-n1c(=O)c(NC=O)c(C)n1-c1ccccc1. The lowest BCUT2D eigenvalue weighted by molar-refractivity contribution is -0.105. The molecular weight excluding hydrogens is 290 g/mol. The molecule has 0 aliphatic carbocycles. The maximum absolute atomic E-state index is 12.8. The summed E-state index contributed by atoms with van der Waals surface area (Å²) in [4.78, 5) is 23.7. The highest BCUT2D eigenvalue weighted by atomic mass is 16.1. The van der Waals surface area contributed by atoms with Gasteiger partial charge in [0.2, 0.25) is 6.41 Å². The minimum absolute atomic E-state index is 0.257. The van der Waals surface area contributed by atoms with Crippen molar-refractivity contribution >= 4 is 12.1 Å². The van der Waals surface area contributed by atoms with E-state index in [4.69, 9.17) is 0 Å². The van der Waals surface area contributed by atoms with Gasteiger partial charge in [-0.2, -0.15) is 0 Å². The second-order valence-electron chi connectivity index (χ2n) is 5.27. The number of aromatic nitrogens is 2. The minimum atomic E-state index is -0.257. The average molecular weight is 307 g/mol. The fraction of sp³-hybridized carbons (Fsp3) is 0.111. The molecule has 5 heteroatoms. The smallest absolute Gasteiger partial charge is 0.295 e. The van der Waals surface area contributed by atoms with Crippen LogP contribution in [-0.4, -0.2) is 15.8 Å². The quantitative estimate of drug-likeness (QED) is 0.754. The van der Waals surface area contributed by atoms with Crippen molar-refractivity contribution in [2.45, 2.75) is 13.8 Å². The van der Waals surface area contributed by atoms with Crippen LogP contribution in [0.3, 0.4) is 0 Å². The fourth-order valence-electron chi connectivity index (χ4n) is 2.73. The lowest BCUT2D eigenvalue weighted by Crippen LogP contribution is -2.22. The molecule has 0 saturated carbocycles. The topological polar surface area (TPSA) is 56.0 Å². The molecule has 23 heavy (non-hydrogen) atoms. The Hall–Kier alpha value is -3.08. The molecule has 0 spiro atoms. The lowest BCUT2D eigenvalue weighted by atomic mass is 10.2. The van der Waals surface area contributed by atoms with Crippen LogP contribution in [0.1, 0.15) is 11.3 Å². The number of carbonyl (C=O) groups is 1. The van der Waals surface area contributed by atoms with Crippen molar-refractivity contribution in [3.8, 4) is 11.4 Å². The number of nitrogens with one attached hydrogen (secondary N) is 1. The summed E-state index contributed by atoms with van der Waals surface area (Å²) in [5, 5.41) is 2.53. The summed E-state index contributed by atoms with van der Waals surface area (Å²) in [7, 11) is 0. The van der Waals surface area contributed by atoms with Gasteiger partial charge in [-0.05, 0) is 37.6 Å². The van der Waals surface area contributed by atoms with Crippen LogP contribution in [0.4, 0.5) is 5.69 Å². The molecule has 0 atom stereocenters. The van der Waals surface area contributed by atoms with E-state index in [9.17, 15) is 9.59 Å². The Morgan fingerprint density at radius 3 is 2.22 bits per heavy atom. The van der Waals surface area contributed by atoms with Crippen LogP contribution in [0.15, 0.2) is 59.4 Å². The van der Waals surface area contributed by atoms with Crippen molar-refractivity contribution in [2.75, 3.05) is 5.32 Å². The standard InChI is InChI=1S/C18H17N3O2/c1-13-8-6-7-11-16(13)21-18(23)17(19-12-22)14(2)20(21)15-9-4-3-5-10-15/h3-12H,1-2H3,(H,19,22). The first kappa shape index (κ1) is 14.8. The lowest BCUT2D eigenvalue weighted by Gasteiger charge is -2.15. The average Bonchev–Trinajstić information content (AvgIpc) is 2.81. The van der Waals surface area contributed by atoms with Crippen LogP contribution >= 0.6 is 0 Å². The van der Waals surface area contributed by atoms with Gasteiger partial charge in [0.1, 0.15) is 5.69 Å². The number of amides is 1. The van der Waals surface area contributed by atoms with E-state index in [1.54, 1.807) is 4.68 Å². The van der Waals surface area contributed by atoms with Crippen LogP contribution in [0.2, 0.25) is 0 Å². The van der Waals surface area contributed by atoms with E-state index in [2.05, 4.69) is 5.32 Å². The Morgan fingerprint density at radius 2 is 1.57 bits per heavy atom. The predicted molar refractivity (Wildman–Crippen MR) is 90.5 cm³/mol. The molecule has 0 radical (unpaired) electrons. The predicted octanol–water partition coefficient (Wildman–Crippen LogP) is 2.81. The van der Waals surface area contributed by atoms with Gasteiger partial charge in [0, 0.05) is 0 Å². The zero-order valence-electron chi connectivity index (χ0n) is 13.0. The number of carbonyl (C=O) groups excluding carboxylic acids is 1. The number of anilines is 1. The van der Waals surface area contributed by atoms with Gasteiger partial charge >= 0.3 is 0 Å². The summed E-state index contributed by atoms with van der Waals surface area (Å²) in [6, 6.07) is 17.2. The molecule has 3 aromatic rings. The van der Waals surface area contributed by atoms with Crippen molar-refractivity contribution in [1.29, 1.82) is 0 Å². The molecular formula is C18H17N3O2. The molecule has 0 unspecified atom stereocenters. The maximum Gasteiger partial charge on any atom is 0.295 e. The molecule has 0 aliphatic rings. The van der Waals surface area contributed by atoms with Gasteiger partial charge in [-0.15, -0.1) is 0 Å². The van der Waals surface area contributed by atoms with Crippen LogP contribution in [0.5, 0.6) is 0 Å². The minimum Gasteiger partial charge on any atom is -0.323 e. The van der Waals surface area contributed by atoms with Crippen LogP contribution in [0, 0.1) is 13.8 Å². The second-order valence-corrected chi connectivity index (χ2v) is 5.27. The van der Waals surface area contributed by atoms with E-state index in [0.29, 0.717) is 12.1 Å². The van der Waals surface area contributed by atoms with Gasteiger partial charge in [-0.3, -0.25) is 9.59 Å². The van der Waals surface area contributed by atoms with E-state index >= 15 is 0 Å². The molecule has 5 nitrogen and oxygen atoms in total. The molecule has 0 aliphatic heterocycles. The first-order valence-corrected chi connectivity index (χ1v) is 7.31. The van der Waals surface area contributed by atoms with E-state index in [0.717, 1.165) is 16.9 Å². The zero-order chi connectivity index (χ0) is 16.4. The molecule has 0 fully saturated rings. The summed E-state index contributed by atoms with van der Waals surface area (Å²) in [5.74, 6) is 0. The summed E-state index contributed by atoms with van der Waals surface area (Å²) in [6.07, 6.45) is 0.529. The highest BCUT2D eigenvalue weighted by molar-refractivity contribution is 5.73. The Morgan fingerprint density at radius 1 is 0.913 bits per heavy atom. The Kier molecular flexibility index (Phi) is 3.85. The van der Waals surface area contributed by atoms with Crippen LogP contribution < -0.4 is 10.9 Å². The number of aryl methyl sites for hydroxylation is 1. The number of para-hydroxylation sites is 2. The van der Waals surface area contributed by atoms with Crippen molar-refractivity contribution < 1.29 is 4.79 Å². The van der Waals surface area contributed by atoms with Gasteiger partial charge in [-0.25, -0.2) is 9.36 Å². The normalized spacial score (nSPS) is 10.5. The summed E-state index contributed by atoms with van der Waals surface area (Å²) < 4.78 is 3.41. The van der Waals surface area contributed by atoms with Gasteiger partial charge in [0.25, 0.3) is 5.56 Å². The van der Waals surface area contributed by atoms with Crippen LogP contribution in [0.25, 0.3) is 11.4 Å². The van der Waals surface area contributed by atoms with E-state index in [-0.39, 0.29) is 11.2 Å². The molecule has 2 aromatic carbocycles. The second kappa shape index (κ2) is 5.96. The van der Waals surface area contributed by atoms with Crippen molar-refractivity contribution in [1.82, 2.24) is 9.36 Å². The first-order chi connectivity index (χ1) is 11.1. The van der Waals surface area contributed by atoms with Crippen LogP contribution in [-0.2, 0) is 4.79 Å². The molecule has 1 N–H and O–H groups in total. The van der Waals surface area contributed by atoms with Gasteiger partial charge in [0.05, 0.1) is 17.1 Å². The van der Waals surface area contributed by atoms with Gasteiger partial charge in [-0.1, -0.05) is 36.4 Å². The monoisotopic (exact) mass is 307 g/mol. The number of hydrogen-bond acceptors (Lipinski definition) is 2. The molecule has 116 valence electrons. The largest absolute Gasteiger partial charge is 0.323 e. The fourth-order valence-corrected chi connectivity index (χ4v) is 2.73. The Labute approximate surface area is 133 Å². The van der Waals surface area contributed by atoms with E-state index < -0.39 is 0 Å². The maximum atomic E-state index is 12.8. The number of benzene rings is 2. The molecule has 1 aromatic heterocycles. The van der Waals surface area contributed by atoms with E-state index in [1.165, 1.54) is 0 Å². The zero-order valence-corrected chi connectivity index (χ0v) is 13.0. The first-order valence-electron chi connectivity index (χ1n) is 7.31. The molecule has 1 heterocycles. The summed E-state index contributed by atoms with van der Waals surface area (Å²) >= 11 is 0. The highest BCUT2D eigenvalue weighted by Crippen LogP contribution is 2.21. The summed E-state index contributed by atoms with van der Waals surface area (Å²) in [5.41, 5.74) is 3.31. The molecule has 0 saturated heterocycles. The van der Waals surface area contributed by atoms with E-state index in [1.807, 2.05) is 73.1 Å². The summed E-state index contributed by atoms with van der Waals surface area (Å²) in [6.45, 7) is 3.77. The van der Waals surface area contributed by atoms with Gasteiger partial charge in [0.15, 0.2) is 0 Å². The van der Waals surface area contributed by atoms with Crippen molar-refractivity contribution in [2.24, 2.45) is 0 Å². The Balaban J connectivity index is 2.39. The highest BCUT2D eigenvalue weighted by Gasteiger charge is 2.19. The van der Waals surface area contributed by atoms with Gasteiger partial charge < -0.3 is 5.32 Å². The number of rotatable bonds is 4. The third-order valence-corrected chi connectivity index (χ3v) is 3.83. The third kappa shape index (κ3) is 2.46. The third-order valence-electron chi connectivity index (χ3n) is 3.83. The molecule has 3 rings (SSSR count). The molecule has 0 bridgehead atoms. The molecule has 1 amide bonds.